The minimum Gasteiger partial charge on any atom is -0.294 e. The second-order valence-corrected chi connectivity index (χ2v) is 5.85. The monoisotopic (exact) mass is 241 g/mol. The van der Waals surface area contributed by atoms with Gasteiger partial charge in [0.05, 0.1) is 5.52 Å². The van der Waals surface area contributed by atoms with Crippen molar-refractivity contribution in [2.24, 2.45) is 0 Å². The van der Waals surface area contributed by atoms with Crippen molar-refractivity contribution >= 4 is 16.7 Å². The van der Waals surface area contributed by atoms with E-state index >= 15 is 0 Å². The van der Waals surface area contributed by atoms with Crippen LogP contribution in [0, 0.1) is 6.92 Å². The zero-order valence-electron chi connectivity index (χ0n) is 11.7. The molecule has 0 fully saturated rings. The lowest BCUT2D eigenvalue weighted by Crippen LogP contribution is -2.11. The van der Waals surface area contributed by atoms with Crippen LogP contribution in [0.3, 0.4) is 0 Å². The second kappa shape index (κ2) is 4.20. The maximum atomic E-state index is 11.7. The van der Waals surface area contributed by atoms with E-state index in [4.69, 9.17) is 0 Å². The average molecular weight is 241 g/mol. The van der Waals surface area contributed by atoms with Crippen LogP contribution in [0.15, 0.2) is 24.3 Å². The summed E-state index contributed by atoms with van der Waals surface area (Å²) in [5.41, 5.74) is 3.85. The fourth-order valence-electron chi connectivity index (χ4n) is 2.12. The molecule has 0 radical (unpaired) electrons. The predicted octanol–water partition coefficient (Wildman–Crippen LogP) is 4.04. The van der Waals surface area contributed by atoms with Gasteiger partial charge < -0.3 is 0 Å². The molecule has 0 saturated carbocycles. The first-order valence-corrected chi connectivity index (χ1v) is 6.22. The number of nitrogens with zero attached hydrogens (tertiary/aromatic N) is 1. The van der Waals surface area contributed by atoms with Crippen molar-refractivity contribution in [2.75, 3.05) is 0 Å². The quantitative estimate of drug-likeness (QED) is 0.705. The van der Waals surface area contributed by atoms with Crippen LogP contribution in [-0.2, 0) is 5.41 Å². The third kappa shape index (κ3) is 2.28. The summed E-state index contributed by atoms with van der Waals surface area (Å²) in [6.07, 6.45) is 0. The lowest BCUT2D eigenvalue weighted by Gasteiger charge is -2.20. The maximum absolute atomic E-state index is 11.7. The summed E-state index contributed by atoms with van der Waals surface area (Å²) in [6, 6.07) is 8.07. The van der Waals surface area contributed by atoms with Crippen LogP contribution in [0.25, 0.3) is 10.9 Å². The van der Waals surface area contributed by atoms with Crippen LogP contribution in [0.1, 0.15) is 49.3 Å². The van der Waals surface area contributed by atoms with Gasteiger partial charge >= 0.3 is 0 Å². The molecule has 0 unspecified atom stereocenters. The van der Waals surface area contributed by atoms with Gasteiger partial charge in [0.1, 0.15) is 0 Å². The van der Waals surface area contributed by atoms with Crippen molar-refractivity contribution in [2.45, 2.75) is 40.0 Å². The van der Waals surface area contributed by atoms with Gasteiger partial charge in [-0.3, -0.25) is 9.78 Å². The molecule has 18 heavy (non-hydrogen) atoms. The summed E-state index contributed by atoms with van der Waals surface area (Å²) in [6.45, 7) is 10.0. The number of hydrogen-bond donors (Lipinski definition) is 0. The highest BCUT2D eigenvalue weighted by atomic mass is 16.1. The van der Waals surface area contributed by atoms with Crippen molar-refractivity contribution in [3.63, 3.8) is 0 Å². The number of rotatable bonds is 1. The lowest BCUT2D eigenvalue weighted by molar-refractivity contribution is 0.101. The minimum atomic E-state index is 0.0765. The molecule has 0 atom stereocenters. The molecular weight excluding hydrogens is 222 g/mol. The summed E-state index contributed by atoms with van der Waals surface area (Å²) in [4.78, 5) is 16.2. The normalized spacial score (nSPS) is 11.8. The van der Waals surface area contributed by atoms with Gasteiger partial charge in [-0.1, -0.05) is 26.8 Å². The molecule has 0 amide bonds. The number of carbonyl (C=O) groups is 1. The van der Waals surface area contributed by atoms with E-state index in [0.717, 1.165) is 22.2 Å². The molecule has 1 aromatic heterocycles. The number of hydrogen-bond acceptors (Lipinski definition) is 2. The molecule has 1 aromatic carbocycles. The van der Waals surface area contributed by atoms with E-state index in [1.165, 1.54) is 5.56 Å². The first-order chi connectivity index (χ1) is 8.29. The first kappa shape index (κ1) is 12.7. The lowest BCUT2D eigenvalue weighted by atomic mass is 9.85. The summed E-state index contributed by atoms with van der Waals surface area (Å²) in [7, 11) is 0. The number of aromatic nitrogens is 1. The van der Waals surface area contributed by atoms with Crippen molar-refractivity contribution in [1.82, 2.24) is 4.98 Å². The van der Waals surface area contributed by atoms with E-state index in [-0.39, 0.29) is 11.2 Å². The Labute approximate surface area is 108 Å². The molecule has 2 rings (SSSR count). The summed E-state index contributed by atoms with van der Waals surface area (Å²) >= 11 is 0. The van der Waals surface area contributed by atoms with Crippen LogP contribution in [0.4, 0.5) is 0 Å². The predicted molar refractivity (Wildman–Crippen MR) is 75.2 cm³/mol. The van der Waals surface area contributed by atoms with Gasteiger partial charge in [0.15, 0.2) is 5.78 Å². The zero-order chi connectivity index (χ0) is 13.5. The maximum Gasteiger partial charge on any atom is 0.160 e. The third-order valence-corrected chi connectivity index (χ3v) is 3.18. The molecule has 94 valence electrons. The van der Waals surface area contributed by atoms with E-state index in [0.29, 0.717) is 0 Å². The van der Waals surface area contributed by atoms with Crippen molar-refractivity contribution in [1.29, 1.82) is 0 Å². The van der Waals surface area contributed by atoms with Gasteiger partial charge in [-0.15, -0.1) is 0 Å². The highest BCUT2D eigenvalue weighted by Crippen LogP contribution is 2.27. The van der Waals surface area contributed by atoms with Gasteiger partial charge in [-0.25, -0.2) is 0 Å². The average Bonchev–Trinajstić information content (AvgIpc) is 2.25. The number of fused-ring (bicyclic) bond motifs is 1. The molecular formula is C16H19NO. The molecule has 2 heteroatoms. The topological polar surface area (TPSA) is 30.0 Å². The van der Waals surface area contributed by atoms with E-state index in [2.05, 4.69) is 37.9 Å². The smallest absolute Gasteiger partial charge is 0.160 e. The molecule has 2 aromatic rings. The van der Waals surface area contributed by atoms with Crippen LogP contribution in [0.2, 0.25) is 0 Å². The number of pyridine rings is 1. The number of Topliss-reactive ketones (excluding diaryl/α,β-unsaturated/α-hetero) is 1. The Morgan fingerprint density at radius 3 is 2.39 bits per heavy atom. The molecule has 2 nitrogen and oxygen atoms in total. The molecule has 0 bridgehead atoms. The number of aryl methyl sites for hydroxylation is 1. The Morgan fingerprint density at radius 1 is 1.17 bits per heavy atom. The van der Waals surface area contributed by atoms with Crippen molar-refractivity contribution < 1.29 is 4.79 Å². The van der Waals surface area contributed by atoms with E-state index in [9.17, 15) is 4.79 Å². The third-order valence-electron chi connectivity index (χ3n) is 3.18. The highest BCUT2D eigenvalue weighted by molar-refractivity contribution is 6.06. The molecule has 0 N–H and O–H groups in total. The summed E-state index contributed by atoms with van der Waals surface area (Å²) in [5.74, 6) is 0.0940. The van der Waals surface area contributed by atoms with E-state index < -0.39 is 0 Å². The van der Waals surface area contributed by atoms with Crippen LogP contribution in [-0.4, -0.2) is 10.8 Å². The van der Waals surface area contributed by atoms with E-state index in [1.54, 1.807) is 6.92 Å². The first-order valence-electron chi connectivity index (χ1n) is 6.22. The largest absolute Gasteiger partial charge is 0.294 e. The van der Waals surface area contributed by atoms with E-state index in [1.807, 2.05) is 19.1 Å². The Morgan fingerprint density at radius 2 is 1.83 bits per heavy atom. The molecule has 0 saturated heterocycles. The molecule has 0 aliphatic rings. The van der Waals surface area contributed by atoms with Gasteiger partial charge in [0, 0.05) is 16.6 Å². The van der Waals surface area contributed by atoms with Crippen molar-refractivity contribution in [3.8, 4) is 0 Å². The van der Waals surface area contributed by atoms with Gasteiger partial charge in [0.2, 0.25) is 0 Å². The SMILES string of the molecule is CC(=O)c1cc(C)nc2ccc(C(C)(C)C)cc12. The fraction of sp³-hybridized carbons (Fsp3) is 0.375. The Hall–Kier alpha value is -1.70. The Balaban J connectivity index is 2.79. The molecule has 0 aliphatic heterocycles. The Kier molecular flexibility index (Phi) is 2.97. The number of carbonyl (C=O) groups excluding carboxylic acids is 1. The summed E-state index contributed by atoms with van der Waals surface area (Å²) < 4.78 is 0. The highest BCUT2D eigenvalue weighted by Gasteiger charge is 2.16. The number of benzene rings is 1. The standard InChI is InChI=1S/C16H19NO/c1-10-8-13(11(2)18)14-9-12(16(3,4)5)6-7-15(14)17-10/h6-9H,1-5H3. The number of ketones is 1. The van der Waals surface area contributed by atoms with Gasteiger partial charge in [-0.2, -0.15) is 0 Å². The van der Waals surface area contributed by atoms with Crippen LogP contribution < -0.4 is 0 Å². The van der Waals surface area contributed by atoms with Crippen molar-refractivity contribution in [3.05, 3.63) is 41.1 Å². The van der Waals surface area contributed by atoms with Crippen LogP contribution >= 0.6 is 0 Å². The van der Waals surface area contributed by atoms with Crippen LogP contribution in [0.5, 0.6) is 0 Å². The summed E-state index contributed by atoms with van der Waals surface area (Å²) in [5, 5.41) is 0.959. The molecule has 0 aliphatic carbocycles. The Bertz CT molecular complexity index is 621. The fourth-order valence-corrected chi connectivity index (χ4v) is 2.12. The molecule has 1 heterocycles. The molecule has 0 spiro atoms. The van der Waals surface area contributed by atoms with Gasteiger partial charge in [0.25, 0.3) is 0 Å². The zero-order valence-corrected chi connectivity index (χ0v) is 11.7. The minimum absolute atomic E-state index is 0.0765. The van der Waals surface area contributed by atoms with Gasteiger partial charge in [-0.05, 0) is 43.0 Å². The second-order valence-electron chi connectivity index (χ2n) is 5.85.